The van der Waals surface area contributed by atoms with Crippen LogP contribution in [0.5, 0.6) is 17.2 Å². The fourth-order valence-corrected chi connectivity index (χ4v) is 4.23. The van der Waals surface area contributed by atoms with E-state index in [2.05, 4.69) is 14.9 Å². The van der Waals surface area contributed by atoms with Crippen LogP contribution in [0.1, 0.15) is 40.5 Å². The van der Waals surface area contributed by atoms with Gasteiger partial charge in [0.25, 0.3) is 5.91 Å². The Morgan fingerprint density at radius 1 is 1.18 bits per heavy atom. The van der Waals surface area contributed by atoms with Gasteiger partial charge in [-0.25, -0.2) is 0 Å². The van der Waals surface area contributed by atoms with Crippen molar-refractivity contribution in [2.45, 2.75) is 31.5 Å². The molecule has 1 fully saturated rings. The zero-order valence-corrected chi connectivity index (χ0v) is 18.7. The summed E-state index contributed by atoms with van der Waals surface area (Å²) in [6.45, 7) is 0.474. The topological polar surface area (TPSA) is 103 Å². The number of ether oxygens (including phenoxy) is 3. The fraction of sp³-hybridized carbons (Fsp3) is 0.304. The number of hydrogen-bond acceptors (Lipinski definition) is 8. The average molecular weight is 467 g/mol. The summed E-state index contributed by atoms with van der Waals surface area (Å²) < 4.78 is 19.8. The van der Waals surface area contributed by atoms with Gasteiger partial charge in [-0.2, -0.15) is 0 Å². The molecule has 3 aromatic rings. The molecule has 0 radical (unpaired) electrons. The van der Waals surface area contributed by atoms with Crippen molar-refractivity contribution in [2.75, 3.05) is 13.9 Å². The number of aromatic nitrogens is 2. The third-order valence-corrected chi connectivity index (χ3v) is 6.12. The van der Waals surface area contributed by atoms with E-state index in [1.807, 2.05) is 30.3 Å². The second kappa shape index (κ2) is 9.07. The number of rotatable bonds is 8. The highest BCUT2D eigenvalue weighted by molar-refractivity contribution is 7.03. The molecule has 1 aromatic heterocycles. The Morgan fingerprint density at radius 2 is 1.97 bits per heavy atom. The molecule has 1 N–H and O–H groups in total. The number of carbonyl (C=O) groups excluding carboxylic acids is 2. The molecule has 0 bridgehead atoms. The minimum atomic E-state index is -0.813. The lowest BCUT2D eigenvalue weighted by molar-refractivity contribution is -0.126. The Labute approximate surface area is 194 Å². The van der Waals surface area contributed by atoms with Crippen molar-refractivity contribution >= 4 is 23.3 Å². The fourth-order valence-electron chi connectivity index (χ4n) is 3.80. The van der Waals surface area contributed by atoms with E-state index in [0.29, 0.717) is 22.8 Å². The number of nitrogens with one attached hydrogen (secondary N) is 1. The lowest BCUT2D eigenvalue weighted by Crippen LogP contribution is -2.45. The van der Waals surface area contributed by atoms with Crippen LogP contribution in [-0.4, -0.2) is 46.2 Å². The van der Waals surface area contributed by atoms with E-state index in [9.17, 15) is 9.59 Å². The normalized spacial score (nSPS) is 15.1. The Balaban J connectivity index is 1.42. The Kier molecular flexibility index (Phi) is 5.82. The van der Waals surface area contributed by atoms with Crippen LogP contribution in [0, 0.1) is 0 Å². The number of methoxy groups -OCH3 is 1. The molecule has 1 saturated carbocycles. The first-order valence-corrected chi connectivity index (χ1v) is 11.4. The molecule has 2 aliphatic rings. The van der Waals surface area contributed by atoms with Gasteiger partial charge in [-0.1, -0.05) is 22.7 Å². The summed E-state index contributed by atoms with van der Waals surface area (Å²) in [6.07, 6.45) is 1.68. The molecule has 33 heavy (non-hydrogen) atoms. The molecule has 1 unspecified atom stereocenters. The molecule has 1 atom stereocenters. The molecule has 2 amide bonds. The molecule has 0 spiro atoms. The molecule has 1 aliphatic carbocycles. The van der Waals surface area contributed by atoms with E-state index in [-0.39, 0.29) is 36.9 Å². The summed E-state index contributed by atoms with van der Waals surface area (Å²) in [4.78, 5) is 28.5. The number of hydrogen-bond donors (Lipinski definition) is 1. The van der Waals surface area contributed by atoms with E-state index in [1.54, 1.807) is 29.5 Å². The van der Waals surface area contributed by atoms with Crippen molar-refractivity contribution in [3.05, 3.63) is 64.7 Å². The second-order valence-electron chi connectivity index (χ2n) is 7.81. The van der Waals surface area contributed by atoms with Crippen LogP contribution in [0.25, 0.3) is 0 Å². The van der Waals surface area contributed by atoms with Crippen LogP contribution in [0.15, 0.2) is 47.8 Å². The van der Waals surface area contributed by atoms with Crippen LogP contribution in [-0.2, 0) is 11.3 Å². The van der Waals surface area contributed by atoms with Gasteiger partial charge in [0.2, 0.25) is 12.7 Å². The first-order chi connectivity index (χ1) is 16.1. The molecular formula is C23H22N4O5S. The number of benzene rings is 2. The Bertz CT molecular complexity index is 1150. The Hall–Kier alpha value is -3.66. The van der Waals surface area contributed by atoms with Crippen LogP contribution in [0.3, 0.4) is 0 Å². The number of carbonyl (C=O) groups is 2. The van der Waals surface area contributed by atoms with Crippen molar-refractivity contribution in [2.24, 2.45) is 0 Å². The summed E-state index contributed by atoms with van der Waals surface area (Å²) in [7, 11) is 1.58. The van der Waals surface area contributed by atoms with E-state index in [0.717, 1.165) is 29.9 Å². The minimum absolute atomic E-state index is 0.0254. The van der Waals surface area contributed by atoms with Gasteiger partial charge in [0, 0.05) is 18.0 Å². The first-order valence-electron chi connectivity index (χ1n) is 10.5. The quantitative estimate of drug-likeness (QED) is 0.544. The lowest BCUT2D eigenvalue weighted by atomic mass is 10.0. The minimum Gasteiger partial charge on any atom is -0.497 e. The van der Waals surface area contributed by atoms with Gasteiger partial charge >= 0.3 is 0 Å². The molecule has 1 aliphatic heterocycles. The molecule has 10 heteroatoms. The lowest BCUT2D eigenvalue weighted by Gasteiger charge is -2.31. The van der Waals surface area contributed by atoms with Crippen molar-refractivity contribution in [3.63, 3.8) is 0 Å². The largest absolute Gasteiger partial charge is 0.497 e. The Morgan fingerprint density at radius 3 is 2.67 bits per heavy atom. The molecule has 9 nitrogen and oxygen atoms in total. The predicted octanol–water partition coefficient (Wildman–Crippen LogP) is 2.94. The van der Waals surface area contributed by atoms with Crippen LogP contribution in [0.2, 0.25) is 0 Å². The van der Waals surface area contributed by atoms with Crippen molar-refractivity contribution < 1.29 is 23.8 Å². The maximum absolute atomic E-state index is 13.5. The maximum Gasteiger partial charge on any atom is 0.276 e. The highest BCUT2D eigenvalue weighted by atomic mass is 32.1. The maximum atomic E-state index is 13.5. The van der Waals surface area contributed by atoms with Crippen LogP contribution >= 0.6 is 11.5 Å². The van der Waals surface area contributed by atoms with Gasteiger partial charge in [0.15, 0.2) is 17.2 Å². The number of nitrogens with zero attached hydrogens (tertiary/aromatic N) is 3. The predicted molar refractivity (Wildman–Crippen MR) is 119 cm³/mol. The summed E-state index contributed by atoms with van der Waals surface area (Å²) in [5, 5.41) is 8.53. The SMILES string of the molecule is COc1ccc(C(C(=O)NCc2ccc3c(c2)OCO3)N(C(=O)c2csnn2)C2CC2)cc1. The summed E-state index contributed by atoms with van der Waals surface area (Å²) >= 11 is 1.11. The molecule has 0 saturated heterocycles. The van der Waals surface area contributed by atoms with Gasteiger partial charge < -0.3 is 24.4 Å². The average Bonchev–Trinajstić information content (AvgIpc) is 3.32. The number of amides is 2. The summed E-state index contributed by atoms with van der Waals surface area (Å²) in [5.74, 6) is 1.43. The van der Waals surface area contributed by atoms with Gasteiger partial charge in [0.05, 0.1) is 7.11 Å². The smallest absolute Gasteiger partial charge is 0.276 e. The van der Waals surface area contributed by atoms with Gasteiger partial charge in [-0.3, -0.25) is 9.59 Å². The van der Waals surface area contributed by atoms with E-state index >= 15 is 0 Å². The van der Waals surface area contributed by atoms with E-state index in [4.69, 9.17) is 14.2 Å². The van der Waals surface area contributed by atoms with E-state index < -0.39 is 6.04 Å². The van der Waals surface area contributed by atoms with Gasteiger partial charge in [-0.05, 0) is 59.8 Å². The third kappa shape index (κ3) is 4.47. The zero-order valence-electron chi connectivity index (χ0n) is 17.9. The van der Waals surface area contributed by atoms with Crippen LogP contribution < -0.4 is 19.5 Å². The summed E-state index contributed by atoms with van der Waals surface area (Å²) in [5.41, 5.74) is 1.81. The number of fused-ring (bicyclic) bond motifs is 1. The molecular weight excluding hydrogens is 444 g/mol. The van der Waals surface area contributed by atoms with Gasteiger partial charge in [-0.15, -0.1) is 5.10 Å². The monoisotopic (exact) mass is 466 g/mol. The third-order valence-electron chi connectivity index (χ3n) is 5.62. The van der Waals surface area contributed by atoms with Crippen LogP contribution in [0.4, 0.5) is 0 Å². The van der Waals surface area contributed by atoms with Crippen molar-refractivity contribution in [1.82, 2.24) is 19.8 Å². The molecule has 2 heterocycles. The standard InChI is InChI=1S/C23H22N4O5S/c1-30-17-7-3-15(4-8-17)21(27(16-5-6-16)23(29)18-12-33-26-25-18)22(28)24-11-14-2-9-19-20(10-14)32-13-31-19/h2-4,7-10,12,16,21H,5-6,11,13H2,1H3,(H,24,28). The highest BCUT2D eigenvalue weighted by Gasteiger charge is 2.42. The molecule has 5 rings (SSSR count). The first kappa shape index (κ1) is 21.2. The van der Waals surface area contributed by atoms with Crippen molar-refractivity contribution in [3.8, 4) is 17.2 Å². The molecule has 2 aromatic carbocycles. The molecule has 170 valence electrons. The van der Waals surface area contributed by atoms with Gasteiger partial charge in [0.1, 0.15) is 11.8 Å². The summed E-state index contributed by atoms with van der Waals surface area (Å²) in [6, 6.07) is 11.9. The van der Waals surface area contributed by atoms with Crippen molar-refractivity contribution in [1.29, 1.82) is 0 Å². The highest BCUT2D eigenvalue weighted by Crippen LogP contribution is 2.37. The van der Waals surface area contributed by atoms with E-state index in [1.165, 1.54) is 0 Å². The second-order valence-corrected chi connectivity index (χ2v) is 8.42. The zero-order chi connectivity index (χ0) is 22.8.